The third-order valence-electron chi connectivity index (χ3n) is 3.23. The van der Waals surface area contributed by atoms with E-state index in [1.807, 2.05) is 0 Å². The summed E-state index contributed by atoms with van der Waals surface area (Å²) >= 11 is 0. The van der Waals surface area contributed by atoms with Gasteiger partial charge in [-0.1, -0.05) is 12.1 Å². The average molecular weight is 336 g/mol. The molecule has 24 heavy (non-hydrogen) atoms. The Morgan fingerprint density at radius 3 is 2.71 bits per heavy atom. The summed E-state index contributed by atoms with van der Waals surface area (Å²) in [5.74, 6) is 0.472. The van der Waals surface area contributed by atoms with Gasteiger partial charge in [0.15, 0.2) is 11.5 Å². The number of alkyl halides is 3. The SMILES string of the molecule is O=C(N/N=C\c1cccc(C(F)(F)F)c1)c1ccc2c(c1)OCO2. The second kappa shape index (κ2) is 6.23. The van der Waals surface area contributed by atoms with Crippen molar-refractivity contribution in [3.8, 4) is 11.5 Å². The smallest absolute Gasteiger partial charge is 0.416 e. The number of rotatable bonds is 3. The first-order chi connectivity index (χ1) is 11.4. The number of halogens is 3. The summed E-state index contributed by atoms with van der Waals surface area (Å²) in [5, 5.41) is 3.67. The molecule has 0 aromatic heterocycles. The molecule has 0 atom stereocenters. The molecule has 0 saturated heterocycles. The Balaban J connectivity index is 1.67. The lowest BCUT2D eigenvalue weighted by atomic mass is 10.1. The molecule has 1 aliphatic heterocycles. The van der Waals surface area contributed by atoms with Crippen molar-refractivity contribution in [2.24, 2.45) is 5.10 Å². The van der Waals surface area contributed by atoms with Crippen LogP contribution in [0.1, 0.15) is 21.5 Å². The van der Waals surface area contributed by atoms with Gasteiger partial charge in [-0.3, -0.25) is 4.79 Å². The molecule has 0 saturated carbocycles. The third kappa shape index (κ3) is 3.48. The molecule has 0 aliphatic carbocycles. The summed E-state index contributed by atoms with van der Waals surface area (Å²) in [6, 6.07) is 9.24. The lowest BCUT2D eigenvalue weighted by Crippen LogP contribution is -2.17. The number of ether oxygens (including phenoxy) is 2. The number of carbonyl (C=O) groups excluding carboxylic acids is 1. The number of nitrogens with one attached hydrogen (secondary N) is 1. The summed E-state index contributed by atoms with van der Waals surface area (Å²) in [5.41, 5.74) is 1.98. The maximum atomic E-state index is 12.6. The van der Waals surface area contributed by atoms with Gasteiger partial charge < -0.3 is 9.47 Å². The molecule has 1 aliphatic rings. The average Bonchev–Trinajstić information content (AvgIpc) is 3.02. The summed E-state index contributed by atoms with van der Waals surface area (Å²) in [4.78, 5) is 12.0. The van der Waals surface area contributed by atoms with Crippen molar-refractivity contribution in [1.82, 2.24) is 5.43 Å². The first kappa shape index (κ1) is 15.9. The fraction of sp³-hybridized carbons (Fsp3) is 0.125. The zero-order valence-electron chi connectivity index (χ0n) is 12.1. The summed E-state index contributed by atoms with van der Waals surface area (Å²) < 4.78 is 48.1. The maximum Gasteiger partial charge on any atom is 0.416 e. The van der Waals surface area contributed by atoms with Crippen LogP contribution in [-0.4, -0.2) is 18.9 Å². The quantitative estimate of drug-likeness (QED) is 0.692. The van der Waals surface area contributed by atoms with Crippen molar-refractivity contribution in [3.05, 3.63) is 59.2 Å². The summed E-state index contributed by atoms with van der Waals surface area (Å²) in [7, 11) is 0. The molecular weight excluding hydrogens is 325 g/mol. The van der Waals surface area contributed by atoms with E-state index in [9.17, 15) is 18.0 Å². The summed E-state index contributed by atoms with van der Waals surface area (Å²) in [6.45, 7) is 0.0914. The standard InChI is InChI=1S/C16H11F3N2O3/c17-16(18,19)12-3-1-2-10(6-12)8-20-21-15(22)11-4-5-13-14(7-11)24-9-23-13/h1-8H,9H2,(H,21,22)/b20-8-. The molecule has 124 valence electrons. The van der Waals surface area contributed by atoms with Gasteiger partial charge in [-0.15, -0.1) is 0 Å². The minimum Gasteiger partial charge on any atom is -0.454 e. The molecule has 8 heteroatoms. The fourth-order valence-electron chi connectivity index (χ4n) is 2.06. The van der Waals surface area contributed by atoms with Gasteiger partial charge in [0.25, 0.3) is 5.91 Å². The molecule has 2 aromatic carbocycles. The number of hydrogen-bond acceptors (Lipinski definition) is 4. The Labute approximate surface area is 134 Å². The number of amides is 1. The predicted octanol–water partition coefficient (Wildman–Crippen LogP) is 3.20. The van der Waals surface area contributed by atoms with Crippen LogP contribution in [0.4, 0.5) is 13.2 Å². The van der Waals surface area contributed by atoms with Crippen molar-refractivity contribution in [1.29, 1.82) is 0 Å². The molecule has 1 heterocycles. The van der Waals surface area contributed by atoms with E-state index < -0.39 is 17.6 Å². The second-order valence-corrected chi connectivity index (χ2v) is 4.89. The van der Waals surface area contributed by atoms with Crippen LogP contribution in [0.5, 0.6) is 11.5 Å². The van der Waals surface area contributed by atoms with E-state index in [-0.39, 0.29) is 12.4 Å². The Morgan fingerprint density at radius 1 is 1.12 bits per heavy atom. The van der Waals surface area contributed by atoms with E-state index >= 15 is 0 Å². The van der Waals surface area contributed by atoms with Gasteiger partial charge in [0.2, 0.25) is 6.79 Å². The lowest BCUT2D eigenvalue weighted by molar-refractivity contribution is -0.137. The molecule has 1 N–H and O–H groups in total. The number of hydrogen-bond donors (Lipinski definition) is 1. The highest BCUT2D eigenvalue weighted by Crippen LogP contribution is 2.32. The number of carbonyl (C=O) groups is 1. The monoisotopic (exact) mass is 336 g/mol. The van der Waals surface area contributed by atoms with Gasteiger partial charge in [0, 0.05) is 5.56 Å². The van der Waals surface area contributed by atoms with Crippen LogP contribution in [0.3, 0.4) is 0 Å². The molecule has 0 fully saturated rings. The van der Waals surface area contributed by atoms with Gasteiger partial charge in [-0.25, -0.2) is 5.43 Å². The van der Waals surface area contributed by atoms with Crippen LogP contribution in [0, 0.1) is 0 Å². The summed E-state index contributed by atoms with van der Waals surface area (Å²) in [6.07, 6.45) is -3.29. The lowest BCUT2D eigenvalue weighted by Gasteiger charge is -2.06. The van der Waals surface area contributed by atoms with Crippen molar-refractivity contribution in [3.63, 3.8) is 0 Å². The van der Waals surface area contributed by atoms with Crippen molar-refractivity contribution >= 4 is 12.1 Å². The van der Waals surface area contributed by atoms with Gasteiger partial charge >= 0.3 is 6.18 Å². The Kier molecular flexibility index (Phi) is 4.11. The highest BCUT2D eigenvalue weighted by molar-refractivity contribution is 5.95. The van der Waals surface area contributed by atoms with Crippen LogP contribution in [-0.2, 0) is 6.18 Å². The number of fused-ring (bicyclic) bond motifs is 1. The van der Waals surface area contributed by atoms with Crippen molar-refractivity contribution < 1.29 is 27.4 Å². The number of hydrazone groups is 1. The molecule has 3 rings (SSSR count). The molecule has 0 spiro atoms. The van der Waals surface area contributed by atoms with Crippen LogP contribution in [0.15, 0.2) is 47.6 Å². The largest absolute Gasteiger partial charge is 0.454 e. The topological polar surface area (TPSA) is 59.9 Å². The molecule has 2 aromatic rings. The van der Waals surface area contributed by atoms with Gasteiger partial charge in [0.05, 0.1) is 11.8 Å². The minimum absolute atomic E-state index is 0.0914. The zero-order chi connectivity index (χ0) is 17.2. The zero-order valence-corrected chi connectivity index (χ0v) is 12.1. The Morgan fingerprint density at radius 2 is 1.92 bits per heavy atom. The van der Waals surface area contributed by atoms with E-state index in [0.717, 1.165) is 18.3 Å². The van der Waals surface area contributed by atoms with Gasteiger partial charge in [-0.2, -0.15) is 18.3 Å². The highest BCUT2D eigenvalue weighted by Gasteiger charge is 2.30. The van der Waals surface area contributed by atoms with Crippen molar-refractivity contribution in [2.75, 3.05) is 6.79 Å². The second-order valence-electron chi connectivity index (χ2n) is 4.89. The molecule has 1 amide bonds. The molecule has 5 nitrogen and oxygen atoms in total. The van der Waals surface area contributed by atoms with E-state index in [4.69, 9.17) is 9.47 Å². The Hall–Kier alpha value is -3.03. The molecule has 0 bridgehead atoms. The third-order valence-corrected chi connectivity index (χ3v) is 3.23. The van der Waals surface area contributed by atoms with Crippen LogP contribution >= 0.6 is 0 Å². The normalized spacial score (nSPS) is 13.3. The van der Waals surface area contributed by atoms with Crippen LogP contribution in [0.2, 0.25) is 0 Å². The number of nitrogens with zero attached hydrogens (tertiary/aromatic N) is 1. The first-order valence-electron chi connectivity index (χ1n) is 6.84. The Bertz CT molecular complexity index is 803. The van der Waals surface area contributed by atoms with Gasteiger partial charge in [-0.05, 0) is 35.9 Å². The van der Waals surface area contributed by atoms with Crippen molar-refractivity contribution in [2.45, 2.75) is 6.18 Å². The maximum absolute atomic E-state index is 12.6. The van der Waals surface area contributed by atoms with Crippen LogP contribution in [0.25, 0.3) is 0 Å². The fourth-order valence-corrected chi connectivity index (χ4v) is 2.06. The number of benzene rings is 2. The van der Waals surface area contributed by atoms with Gasteiger partial charge in [0.1, 0.15) is 0 Å². The minimum atomic E-state index is -4.43. The van der Waals surface area contributed by atoms with Crippen LogP contribution < -0.4 is 14.9 Å². The molecular formula is C16H11F3N2O3. The van der Waals surface area contributed by atoms with E-state index in [2.05, 4.69) is 10.5 Å². The highest BCUT2D eigenvalue weighted by atomic mass is 19.4. The van der Waals surface area contributed by atoms with E-state index in [0.29, 0.717) is 17.1 Å². The molecule has 0 radical (unpaired) electrons. The molecule has 0 unspecified atom stereocenters. The van der Waals surface area contributed by atoms with E-state index in [1.165, 1.54) is 24.3 Å². The predicted molar refractivity (Wildman–Crippen MR) is 79.1 cm³/mol. The van der Waals surface area contributed by atoms with E-state index in [1.54, 1.807) is 6.07 Å². The first-order valence-corrected chi connectivity index (χ1v) is 6.84.